The molecular weight excluding hydrogens is 284 g/mol. The average molecular weight is 303 g/mol. The number of nitrogens with zero attached hydrogens (tertiary/aromatic N) is 3. The zero-order valence-electron chi connectivity index (χ0n) is 11.9. The molecule has 2 aromatic rings. The molecule has 2 heterocycles. The third kappa shape index (κ3) is 3.46. The van der Waals surface area contributed by atoms with Gasteiger partial charge in [-0.1, -0.05) is 23.7 Å². The van der Waals surface area contributed by atoms with Crippen LogP contribution in [0, 0.1) is 0 Å². The van der Waals surface area contributed by atoms with Gasteiger partial charge in [0, 0.05) is 38.9 Å². The van der Waals surface area contributed by atoms with E-state index in [0.717, 1.165) is 43.4 Å². The van der Waals surface area contributed by atoms with E-state index in [1.54, 1.807) is 6.20 Å². The lowest BCUT2D eigenvalue weighted by molar-refractivity contribution is 0.250. The van der Waals surface area contributed by atoms with E-state index < -0.39 is 0 Å². The number of hydrogen-bond acceptors (Lipinski definition) is 4. The van der Waals surface area contributed by atoms with Crippen molar-refractivity contribution in [3.8, 4) is 0 Å². The molecule has 1 aliphatic rings. The third-order valence-electron chi connectivity index (χ3n) is 3.82. The second-order valence-electron chi connectivity index (χ2n) is 5.30. The topological polar surface area (TPSA) is 45.4 Å². The van der Waals surface area contributed by atoms with Crippen LogP contribution in [0.4, 0.5) is 11.5 Å². The van der Waals surface area contributed by atoms with Crippen molar-refractivity contribution in [3.05, 3.63) is 53.2 Å². The van der Waals surface area contributed by atoms with Crippen LogP contribution in [0.25, 0.3) is 0 Å². The Morgan fingerprint density at radius 1 is 1.10 bits per heavy atom. The van der Waals surface area contributed by atoms with Crippen molar-refractivity contribution in [1.29, 1.82) is 0 Å². The number of rotatable bonds is 3. The Balaban J connectivity index is 1.59. The van der Waals surface area contributed by atoms with E-state index in [9.17, 15) is 0 Å². The third-order valence-corrected chi connectivity index (χ3v) is 4.14. The molecule has 1 aromatic carbocycles. The average Bonchev–Trinajstić information content (AvgIpc) is 2.49. The Bertz CT molecular complexity index is 609. The molecule has 0 saturated carbocycles. The fraction of sp³-hybridized carbons (Fsp3) is 0.312. The van der Waals surface area contributed by atoms with Crippen molar-refractivity contribution in [3.63, 3.8) is 0 Å². The minimum absolute atomic E-state index is 0.585. The number of nitrogen functional groups attached to an aromatic ring is 1. The van der Waals surface area contributed by atoms with Crippen molar-refractivity contribution in [2.45, 2.75) is 6.54 Å². The van der Waals surface area contributed by atoms with Crippen molar-refractivity contribution < 1.29 is 0 Å². The van der Waals surface area contributed by atoms with Crippen LogP contribution in [0.1, 0.15) is 5.56 Å². The van der Waals surface area contributed by atoms with Crippen molar-refractivity contribution >= 4 is 23.1 Å². The standard InChI is InChI=1S/C16H19ClN4/c17-14-3-1-2-4-15(14)21-9-7-20(8-10-21)12-13-5-6-19-16(18)11-13/h1-6,11H,7-10,12H2,(H2,18,19). The van der Waals surface area contributed by atoms with E-state index in [2.05, 4.69) is 20.9 Å². The number of aromatic nitrogens is 1. The highest BCUT2D eigenvalue weighted by Gasteiger charge is 2.18. The molecule has 0 bridgehead atoms. The van der Waals surface area contributed by atoms with E-state index in [-0.39, 0.29) is 0 Å². The number of halogens is 1. The largest absolute Gasteiger partial charge is 0.384 e. The summed E-state index contributed by atoms with van der Waals surface area (Å²) in [5.74, 6) is 0.585. The number of hydrogen-bond donors (Lipinski definition) is 1. The van der Waals surface area contributed by atoms with Crippen molar-refractivity contribution in [2.75, 3.05) is 36.8 Å². The number of benzene rings is 1. The normalized spacial score (nSPS) is 16.1. The van der Waals surface area contributed by atoms with E-state index >= 15 is 0 Å². The first-order chi connectivity index (χ1) is 10.2. The maximum Gasteiger partial charge on any atom is 0.123 e. The molecule has 4 nitrogen and oxygen atoms in total. The van der Waals surface area contributed by atoms with Crippen LogP contribution in [0.3, 0.4) is 0 Å². The lowest BCUT2D eigenvalue weighted by atomic mass is 10.2. The first kappa shape index (κ1) is 14.2. The van der Waals surface area contributed by atoms with Gasteiger partial charge in [-0.25, -0.2) is 4.98 Å². The second-order valence-corrected chi connectivity index (χ2v) is 5.71. The summed E-state index contributed by atoms with van der Waals surface area (Å²) in [7, 11) is 0. The molecular formula is C16H19ClN4. The molecule has 5 heteroatoms. The van der Waals surface area contributed by atoms with Crippen molar-refractivity contribution in [2.24, 2.45) is 0 Å². The fourth-order valence-corrected chi connectivity index (χ4v) is 2.96. The van der Waals surface area contributed by atoms with Gasteiger partial charge in [0.25, 0.3) is 0 Å². The van der Waals surface area contributed by atoms with E-state index in [1.807, 2.05) is 30.3 Å². The maximum absolute atomic E-state index is 6.27. The first-order valence-corrected chi connectivity index (χ1v) is 7.52. The van der Waals surface area contributed by atoms with Gasteiger partial charge in [0.05, 0.1) is 10.7 Å². The second kappa shape index (κ2) is 6.33. The van der Waals surface area contributed by atoms with Gasteiger partial charge in [-0.05, 0) is 29.8 Å². The lowest BCUT2D eigenvalue weighted by Gasteiger charge is -2.36. The summed E-state index contributed by atoms with van der Waals surface area (Å²) >= 11 is 6.27. The molecule has 0 atom stereocenters. The van der Waals surface area contributed by atoms with Crippen LogP contribution in [-0.2, 0) is 6.54 Å². The van der Waals surface area contributed by atoms with Gasteiger partial charge in [-0.15, -0.1) is 0 Å². The van der Waals surface area contributed by atoms with Crippen LogP contribution < -0.4 is 10.6 Å². The summed E-state index contributed by atoms with van der Waals surface area (Å²) in [5, 5.41) is 0.827. The highest BCUT2D eigenvalue weighted by atomic mass is 35.5. The van der Waals surface area contributed by atoms with Gasteiger partial charge in [-0.3, -0.25) is 4.90 Å². The SMILES string of the molecule is Nc1cc(CN2CCN(c3ccccc3Cl)CC2)ccn1. The maximum atomic E-state index is 6.27. The number of anilines is 2. The van der Waals surface area contributed by atoms with Gasteiger partial charge in [0.2, 0.25) is 0 Å². The molecule has 0 radical (unpaired) electrons. The van der Waals surface area contributed by atoms with Crippen molar-refractivity contribution in [1.82, 2.24) is 9.88 Å². The lowest BCUT2D eigenvalue weighted by Crippen LogP contribution is -2.46. The number of pyridine rings is 1. The van der Waals surface area contributed by atoms with Crippen LogP contribution in [0.2, 0.25) is 5.02 Å². The predicted molar refractivity (Wildman–Crippen MR) is 87.6 cm³/mol. The predicted octanol–water partition coefficient (Wildman–Crippen LogP) is 2.64. The number of piperazine rings is 1. The van der Waals surface area contributed by atoms with Gasteiger partial charge >= 0.3 is 0 Å². The Kier molecular flexibility index (Phi) is 4.27. The molecule has 0 amide bonds. The summed E-state index contributed by atoms with van der Waals surface area (Å²) in [4.78, 5) is 8.81. The minimum atomic E-state index is 0.585. The van der Waals surface area contributed by atoms with Gasteiger partial charge in [0.15, 0.2) is 0 Å². The molecule has 3 rings (SSSR count). The summed E-state index contributed by atoms with van der Waals surface area (Å²) in [5.41, 5.74) is 8.07. The quantitative estimate of drug-likeness (QED) is 0.947. The van der Waals surface area contributed by atoms with Gasteiger partial charge in [-0.2, -0.15) is 0 Å². The molecule has 1 aromatic heterocycles. The number of nitrogens with two attached hydrogens (primary N) is 1. The van der Waals surface area contributed by atoms with Crippen LogP contribution >= 0.6 is 11.6 Å². The summed E-state index contributed by atoms with van der Waals surface area (Å²) in [6.45, 7) is 4.94. The monoisotopic (exact) mass is 302 g/mol. The smallest absolute Gasteiger partial charge is 0.123 e. The highest BCUT2D eigenvalue weighted by Crippen LogP contribution is 2.26. The van der Waals surface area contributed by atoms with E-state index in [1.165, 1.54) is 5.56 Å². The van der Waals surface area contributed by atoms with Crippen LogP contribution in [0.15, 0.2) is 42.6 Å². The Hall–Kier alpha value is -1.78. The van der Waals surface area contributed by atoms with E-state index in [4.69, 9.17) is 17.3 Å². The molecule has 2 N–H and O–H groups in total. The summed E-state index contributed by atoms with van der Waals surface area (Å²) in [6, 6.07) is 12.0. The fourth-order valence-electron chi connectivity index (χ4n) is 2.71. The molecule has 0 unspecified atom stereocenters. The Morgan fingerprint density at radius 3 is 2.57 bits per heavy atom. The minimum Gasteiger partial charge on any atom is -0.384 e. The zero-order chi connectivity index (χ0) is 14.7. The molecule has 0 aliphatic carbocycles. The van der Waals surface area contributed by atoms with E-state index in [0.29, 0.717) is 5.82 Å². The molecule has 1 fully saturated rings. The van der Waals surface area contributed by atoms with Crippen LogP contribution in [-0.4, -0.2) is 36.1 Å². The molecule has 0 spiro atoms. The summed E-state index contributed by atoms with van der Waals surface area (Å²) in [6.07, 6.45) is 1.77. The molecule has 110 valence electrons. The zero-order valence-corrected chi connectivity index (χ0v) is 12.6. The van der Waals surface area contributed by atoms with Crippen LogP contribution in [0.5, 0.6) is 0 Å². The Morgan fingerprint density at radius 2 is 1.86 bits per heavy atom. The molecule has 1 saturated heterocycles. The molecule has 1 aliphatic heterocycles. The first-order valence-electron chi connectivity index (χ1n) is 7.14. The highest BCUT2D eigenvalue weighted by molar-refractivity contribution is 6.33. The van der Waals surface area contributed by atoms with Gasteiger partial charge < -0.3 is 10.6 Å². The Labute approximate surface area is 130 Å². The molecule has 21 heavy (non-hydrogen) atoms. The summed E-state index contributed by atoms with van der Waals surface area (Å²) < 4.78 is 0. The number of para-hydroxylation sites is 1. The van der Waals surface area contributed by atoms with Gasteiger partial charge in [0.1, 0.15) is 5.82 Å².